The molecule has 1 saturated carbocycles. The SMILES string of the molecule is COc1cccc([C@@H]2CN(C3CC3)CCN2)c1. The Morgan fingerprint density at radius 2 is 2.24 bits per heavy atom. The molecule has 2 fully saturated rings. The molecule has 1 aromatic carbocycles. The quantitative estimate of drug-likeness (QED) is 0.860. The monoisotopic (exact) mass is 232 g/mol. The maximum Gasteiger partial charge on any atom is 0.119 e. The van der Waals surface area contributed by atoms with Crippen LogP contribution in [-0.2, 0) is 0 Å². The average molecular weight is 232 g/mol. The third-order valence-corrected chi connectivity index (χ3v) is 3.77. The van der Waals surface area contributed by atoms with Crippen LogP contribution in [0.3, 0.4) is 0 Å². The number of benzene rings is 1. The standard InChI is InChI=1S/C14H20N2O/c1-17-13-4-2-3-11(9-13)14-10-16(8-7-15-14)12-5-6-12/h2-4,9,12,14-15H,5-8,10H2,1H3/t14-/m0/s1. The number of hydrogen-bond donors (Lipinski definition) is 1. The summed E-state index contributed by atoms with van der Waals surface area (Å²) < 4.78 is 5.29. The van der Waals surface area contributed by atoms with Gasteiger partial charge in [-0.2, -0.15) is 0 Å². The summed E-state index contributed by atoms with van der Waals surface area (Å²) in [6.07, 6.45) is 2.79. The molecule has 0 amide bonds. The highest BCUT2D eigenvalue weighted by Crippen LogP contribution is 2.30. The van der Waals surface area contributed by atoms with E-state index >= 15 is 0 Å². The number of nitrogens with zero attached hydrogens (tertiary/aromatic N) is 1. The summed E-state index contributed by atoms with van der Waals surface area (Å²) in [5.41, 5.74) is 1.34. The second-order valence-corrected chi connectivity index (χ2v) is 5.01. The van der Waals surface area contributed by atoms with Crippen molar-refractivity contribution in [1.82, 2.24) is 10.2 Å². The molecule has 92 valence electrons. The normalized spacial score (nSPS) is 25.8. The topological polar surface area (TPSA) is 24.5 Å². The summed E-state index contributed by atoms with van der Waals surface area (Å²) in [5, 5.41) is 3.60. The Balaban J connectivity index is 1.73. The zero-order valence-corrected chi connectivity index (χ0v) is 10.4. The summed E-state index contributed by atoms with van der Waals surface area (Å²) in [6.45, 7) is 3.43. The highest BCUT2D eigenvalue weighted by molar-refractivity contribution is 5.31. The Morgan fingerprint density at radius 3 is 3.00 bits per heavy atom. The maximum atomic E-state index is 5.29. The van der Waals surface area contributed by atoms with Crippen molar-refractivity contribution in [2.24, 2.45) is 0 Å². The van der Waals surface area contributed by atoms with E-state index in [2.05, 4.69) is 28.4 Å². The van der Waals surface area contributed by atoms with Crippen LogP contribution in [0.25, 0.3) is 0 Å². The molecular formula is C14H20N2O. The van der Waals surface area contributed by atoms with Gasteiger partial charge in [0.05, 0.1) is 7.11 Å². The van der Waals surface area contributed by atoms with Crippen molar-refractivity contribution in [2.75, 3.05) is 26.7 Å². The molecule has 0 radical (unpaired) electrons. The van der Waals surface area contributed by atoms with E-state index in [1.807, 2.05) is 6.07 Å². The first-order chi connectivity index (χ1) is 8.36. The molecule has 17 heavy (non-hydrogen) atoms. The van der Waals surface area contributed by atoms with Crippen LogP contribution < -0.4 is 10.1 Å². The minimum absolute atomic E-state index is 0.458. The fourth-order valence-electron chi connectivity index (χ4n) is 2.63. The number of nitrogens with one attached hydrogen (secondary N) is 1. The van der Waals surface area contributed by atoms with Crippen LogP contribution in [-0.4, -0.2) is 37.7 Å². The Labute approximate surface area is 103 Å². The van der Waals surface area contributed by atoms with E-state index in [1.54, 1.807) is 7.11 Å². The molecule has 1 aromatic rings. The van der Waals surface area contributed by atoms with Gasteiger partial charge in [-0.25, -0.2) is 0 Å². The van der Waals surface area contributed by atoms with Gasteiger partial charge < -0.3 is 10.1 Å². The fourth-order valence-corrected chi connectivity index (χ4v) is 2.63. The minimum Gasteiger partial charge on any atom is -0.497 e. The molecule has 0 unspecified atom stereocenters. The molecule has 1 aliphatic carbocycles. The summed E-state index contributed by atoms with van der Waals surface area (Å²) in [5.74, 6) is 0.952. The average Bonchev–Trinajstić information content (AvgIpc) is 3.23. The van der Waals surface area contributed by atoms with Crippen LogP contribution in [0.4, 0.5) is 0 Å². The van der Waals surface area contributed by atoms with E-state index in [-0.39, 0.29) is 0 Å². The van der Waals surface area contributed by atoms with Crippen molar-refractivity contribution in [2.45, 2.75) is 24.9 Å². The van der Waals surface area contributed by atoms with Crippen LogP contribution in [0.2, 0.25) is 0 Å². The summed E-state index contributed by atoms with van der Waals surface area (Å²) in [7, 11) is 1.73. The highest BCUT2D eigenvalue weighted by atomic mass is 16.5. The predicted molar refractivity (Wildman–Crippen MR) is 68.3 cm³/mol. The van der Waals surface area contributed by atoms with E-state index < -0.39 is 0 Å². The molecule has 1 atom stereocenters. The van der Waals surface area contributed by atoms with E-state index in [9.17, 15) is 0 Å². The first-order valence-electron chi connectivity index (χ1n) is 6.48. The van der Waals surface area contributed by atoms with Crippen molar-refractivity contribution in [1.29, 1.82) is 0 Å². The lowest BCUT2D eigenvalue weighted by Gasteiger charge is -2.34. The first-order valence-corrected chi connectivity index (χ1v) is 6.48. The zero-order valence-electron chi connectivity index (χ0n) is 10.4. The van der Waals surface area contributed by atoms with Gasteiger partial charge in [-0.3, -0.25) is 4.90 Å². The fraction of sp³-hybridized carbons (Fsp3) is 0.571. The lowest BCUT2D eigenvalue weighted by Crippen LogP contribution is -2.46. The van der Waals surface area contributed by atoms with E-state index in [0.717, 1.165) is 24.9 Å². The Kier molecular flexibility index (Phi) is 3.04. The molecule has 1 saturated heterocycles. The van der Waals surface area contributed by atoms with Crippen molar-refractivity contribution in [3.63, 3.8) is 0 Å². The molecule has 3 heteroatoms. The van der Waals surface area contributed by atoms with E-state index in [0.29, 0.717) is 6.04 Å². The minimum atomic E-state index is 0.458. The smallest absolute Gasteiger partial charge is 0.119 e. The largest absolute Gasteiger partial charge is 0.497 e. The van der Waals surface area contributed by atoms with E-state index in [4.69, 9.17) is 4.74 Å². The third-order valence-electron chi connectivity index (χ3n) is 3.77. The van der Waals surface area contributed by atoms with Crippen molar-refractivity contribution in [3.8, 4) is 5.75 Å². The zero-order chi connectivity index (χ0) is 11.7. The molecule has 3 rings (SSSR count). The molecule has 3 nitrogen and oxygen atoms in total. The molecular weight excluding hydrogens is 212 g/mol. The van der Waals surface area contributed by atoms with Gasteiger partial charge in [-0.1, -0.05) is 12.1 Å². The molecule has 0 bridgehead atoms. The van der Waals surface area contributed by atoms with Crippen molar-refractivity contribution >= 4 is 0 Å². The number of methoxy groups -OCH3 is 1. The second kappa shape index (κ2) is 4.67. The van der Waals surface area contributed by atoms with Gasteiger partial charge in [0, 0.05) is 31.7 Å². The summed E-state index contributed by atoms with van der Waals surface area (Å²) in [6, 6.07) is 9.74. The lowest BCUT2D eigenvalue weighted by molar-refractivity contribution is 0.192. The Hall–Kier alpha value is -1.06. The highest BCUT2D eigenvalue weighted by Gasteiger charge is 2.32. The summed E-state index contributed by atoms with van der Waals surface area (Å²) in [4.78, 5) is 2.63. The van der Waals surface area contributed by atoms with Gasteiger partial charge >= 0.3 is 0 Å². The second-order valence-electron chi connectivity index (χ2n) is 5.01. The van der Waals surface area contributed by atoms with Crippen LogP contribution in [0.5, 0.6) is 5.75 Å². The number of hydrogen-bond acceptors (Lipinski definition) is 3. The van der Waals surface area contributed by atoms with Crippen molar-refractivity contribution < 1.29 is 4.74 Å². The number of rotatable bonds is 3. The van der Waals surface area contributed by atoms with Gasteiger partial charge in [0.25, 0.3) is 0 Å². The maximum absolute atomic E-state index is 5.29. The predicted octanol–water partition coefficient (Wildman–Crippen LogP) is 1.80. The van der Waals surface area contributed by atoms with Crippen LogP contribution in [0.15, 0.2) is 24.3 Å². The Morgan fingerprint density at radius 1 is 1.35 bits per heavy atom. The lowest BCUT2D eigenvalue weighted by atomic mass is 10.0. The third kappa shape index (κ3) is 2.45. The van der Waals surface area contributed by atoms with E-state index in [1.165, 1.54) is 24.9 Å². The molecule has 2 aliphatic rings. The van der Waals surface area contributed by atoms with Crippen LogP contribution >= 0.6 is 0 Å². The summed E-state index contributed by atoms with van der Waals surface area (Å²) >= 11 is 0. The van der Waals surface area contributed by atoms with Crippen molar-refractivity contribution in [3.05, 3.63) is 29.8 Å². The van der Waals surface area contributed by atoms with Gasteiger partial charge in [0.15, 0.2) is 0 Å². The van der Waals surface area contributed by atoms with Gasteiger partial charge in [0.2, 0.25) is 0 Å². The van der Waals surface area contributed by atoms with Crippen LogP contribution in [0, 0.1) is 0 Å². The Bertz CT molecular complexity index is 390. The number of piperazine rings is 1. The molecule has 1 N–H and O–H groups in total. The van der Waals surface area contributed by atoms with Crippen LogP contribution in [0.1, 0.15) is 24.4 Å². The first kappa shape index (κ1) is 11.1. The van der Waals surface area contributed by atoms with Gasteiger partial charge in [0.1, 0.15) is 5.75 Å². The molecule has 0 aromatic heterocycles. The molecule has 0 spiro atoms. The number of ether oxygens (including phenoxy) is 1. The molecule has 1 heterocycles. The van der Waals surface area contributed by atoms with Gasteiger partial charge in [-0.05, 0) is 30.5 Å². The van der Waals surface area contributed by atoms with Gasteiger partial charge in [-0.15, -0.1) is 0 Å². The molecule has 1 aliphatic heterocycles.